The minimum atomic E-state index is -0.485. The summed E-state index contributed by atoms with van der Waals surface area (Å²) in [6.45, 7) is 14.0. The first-order chi connectivity index (χ1) is 15.3. The number of quaternary nitrogens is 1. The minimum absolute atomic E-state index is 0.0664. The molecule has 3 heterocycles. The van der Waals surface area contributed by atoms with E-state index in [-0.39, 0.29) is 16.8 Å². The second kappa shape index (κ2) is 9.62. The average Bonchev–Trinajstić information content (AvgIpc) is 2.79. The summed E-state index contributed by atoms with van der Waals surface area (Å²) in [4.78, 5) is 12.9. The van der Waals surface area contributed by atoms with E-state index in [4.69, 9.17) is 11.6 Å². The van der Waals surface area contributed by atoms with Crippen LogP contribution in [0.3, 0.4) is 0 Å². The molecule has 0 amide bonds. The zero-order valence-electron chi connectivity index (χ0n) is 18.6. The van der Waals surface area contributed by atoms with Crippen molar-refractivity contribution in [1.29, 1.82) is 0 Å². The molecule has 1 atom stereocenters. The van der Waals surface area contributed by atoms with Gasteiger partial charge in [-0.2, -0.15) is 5.11 Å². The third kappa shape index (κ3) is 5.15. The monoisotopic (exact) mass is 457 g/mol. The Morgan fingerprint density at radius 1 is 1.12 bits per heavy atom. The van der Waals surface area contributed by atoms with Crippen molar-refractivity contribution in [2.24, 2.45) is 10.2 Å². The number of rotatable bonds is 8. The summed E-state index contributed by atoms with van der Waals surface area (Å²) in [5.41, 5.74) is 3.33. The molecule has 3 saturated heterocycles. The zero-order valence-corrected chi connectivity index (χ0v) is 19.4. The van der Waals surface area contributed by atoms with E-state index < -0.39 is 4.92 Å². The summed E-state index contributed by atoms with van der Waals surface area (Å²) in [6, 6.07) is 10.6. The van der Waals surface area contributed by atoms with Crippen molar-refractivity contribution in [3.63, 3.8) is 0 Å². The van der Waals surface area contributed by atoms with E-state index in [0.717, 1.165) is 17.8 Å². The lowest BCUT2D eigenvalue weighted by Crippen LogP contribution is -2.68. The summed E-state index contributed by atoms with van der Waals surface area (Å²) in [5, 5.41) is 23.2. The number of halogens is 1. The molecular formula is C23H30ClN6O2+. The van der Waals surface area contributed by atoms with Crippen LogP contribution in [0.1, 0.15) is 24.1 Å². The number of hydrogen-bond acceptors (Lipinski definition) is 6. The molecule has 9 heteroatoms. The van der Waals surface area contributed by atoms with Crippen molar-refractivity contribution in [2.75, 3.05) is 52.4 Å². The van der Waals surface area contributed by atoms with Gasteiger partial charge in [-0.15, -0.1) is 5.11 Å². The van der Waals surface area contributed by atoms with Gasteiger partial charge < -0.3 is 9.80 Å². The minimum Gasteiger partial charge on any atom is -0.319 e. The van der Waals surface area contributed by atoms with Gasteiger partial charge in [0.25, 0.3) is 5.69 Å². The van der Waals surface area contributed by atoms with Crippen molar-refractivity contribution in [3.8, 4) is 0 Å². The summed E-state index contributed by atoms with van der Waals surface area (Å²) < 4.78 is 1.26. The topological polar surface area (TPSA) is 83.1 Å². The Bertz CT molecular complexity index is 1010. The van der Waals surface area contributed by atoms with Crippen LogP contribution in [0.2, 0.25) is 5.02 Å². The van der Waals surface area contributed by atoms with Gasteiger partial charge in [0.1, 0.15) is 5.69 Å². The fourth-order valence-corrected chi connectivity index (χ4v) is 4.77. The van der Waals surface area contributed by atoms with Crippen LogP contribution in [0.25, 0.3) is 0 Å². The number of nitrogens with zero attached hydrogens (tertiary/aromatic N) is 5. The van der Waals surface area contributed by atoms with Gasteiger partial charge in [0.15, 0.2) is 0 Å². The van der Waals surface area contributed by atoms with Gasteiger partial charge in [-0.1, -0.05) is 23.7 Å². The highest BCUT2D eigenvalue weighted by atomic mass is 35.5. The average molecular weight is 458 g/mol. The van der Waals surface area contributed by atoms with Crippen LogP contribution < -0.4 is 5.32 Å². The fourth-order valence-electron chi connectivity index (χ4n) is 4.56. The molecule has 3 aliphatic heterocycles. The van der Waals surface area contributed by atoms with Crippen LogP contribution in [-0.2, 0) is 0 Å². The van der Waals surface area contributed by atoms with Gasteiger partial charge >= 0.3 is 0 Å². The summed E-state index contributed by atoms with van der Waals surface area (Å²) in [6.07, 6.45) is 0. The molecule has 5 rings (SSSR count). The summed E-state index contributed by atoms with van der Waals surface area (Å²) in [7, 11) is 0. The highest BCUT2D eigenvalue weighted by molar-refractivity contribution is 6.33. The lowest BCUT2D eigenvalue weighted by molar-refractivity contribution is -0.939. The molecule has 0 aromatic heterocycles. The van der Waals surface area contributed by atoms with Crippen LogP contribution >= 0.6 is 11.6 Å². The lowest BCUT2D eigenvalue weighted by Gasteiger charge is -2.50. The van der Waals surface area contributed by atoms with Crippen molar-refractivity contribution in [1.82, 2.24) is 10.2 Å². The van der Waals surface area contributed by atoms with Gasteiger partial charge in [-0.3, -0.25) is 15.0 Å². The van der Waals surface area contributed by atoms with Gasteiger partial charge in [-0.05, 0) is 37.1 Å². The molecule has 0 radical (unpaired) electrons. The number of aryl methyl sites for hydroxylation is 1. The van der Waals surface area contributed by atoms with E-state index in [2.05, 4.69) is 39.5 Å². The third-order valence-electron chi connectivity index (χ3n) is 6.84. The van der Waals surface area contributed by atoms with Gasteiger partial charge in [0.05, 0.1) is 41.8 Å². The van der Waals surface area contributed by atoms with Crippen LogP contribution in [0.15, 0.2) is 46.6 Å². The van der Waals surface area contributed by atoms with Crippen LogP contribution in [0.4, 0.5) is 17.1 Å². The normalized spacial score (nSPS) is 23.5. The largest absolute Gasteiger partial charge is 0.319 e. The molecule has 32 heavy (non-hydrogen) atoms. The summed E-state index contributed by atoms with van der Waals surface area (Å²) >= 11 is 6.10. The Kier molecular flexibility index (Phi) is 6.85. The summed E-state index contributed by atoms with van der Waals surface area (Å²) in [5.74, 6) is 0. The zero-order chi connectivity index (χ0) is 22.7. The maximum absolute atomic E-state index is 10.8. The number of nitro benzene ring substituents is 1. The molecule has 1 unspecified atom stereocenters. The third-order valence-corrected chi connectivity index (χ3v) is 7.14. The van der Waals surface area contributed by atoms with Gasteiger partial charge in [0, 0.05) is 44.4 Å². The Hall–Kier alpha value is -2.39. The van der Waals surface area contributed by atoms with Crippen LogP contribution in [0, 0.1) is 17.0 Å². The van der Waals surface area contributed by atoms with E-state index in [1.165, 1.54) is 74.1 Å². The molecule has 0 aliphatic carbocycles. The number of benzene rings is 2. The molecule has 1 N–H and O–H groups in total. The second-order valence-corrected chi connectivity index (χ2v) is 9.30. The highest BCUT2D eigenvalue weighted by Gasteiger charge is 2.37. The fraction of sp³-hybridized carbons (Fsp3) is 0.478. The molecule has 3 aliphatic rings. The van der Waals surface area contributed by atoms with Crippen LogP contribution in [-0.4, -0.2) is 66.7 Å². The first-order valence-corrected chi connectivity index (χ1v) is 11.5. The van der Waals surface area contributed by atoms with Crippen molar-refractivity contribution >= 4 is 28.7 Å². The van der Waals surface area contributed by atoms with E-state index in [0.29, 0.717) is 5.69 Å². The maximum atomic E-state index is 10.8. The lowest BCUT2D eigenvalue weighted by atomic mass is 10.0. The molecule has 2 aromatic carbocycles. The molecule has 2 aromatic rings. The Morgan fingerprint density at radius 3 is 2.41 bits per heavy atom. The molecule has 0 spiro atoms. The van der Waals surface area contributed by atoms with Crippen molar-refractivity contribution in [3.05, 3.63) is 62.7 Å². The second-order valence-electron chi connectivity index (χ2n) is 8.89. The van der Waals surface area contributed by atoms with Crippen LogP contribution in [0.5, 0.6) is 0 Å². The Morgan fingerprint density at radius 2 is 1.78 bits per heavy atom. The van der Waals surface area contributed by atoms with Crippen molar-refractivity contribution in [2.45, 2.75) is 19.9 Å². The quantitative estimate of drug-likeness (QED) is 0.268. The smallest absolute Gasteiger partial charge is 0.271 e. The van der Waals surface area contributed by atoms with E-state index in [9.17, 15) is 10.1 Å². The maximum Gasteiger partial charge on any atom is 0.271 e. The Balaban J connectivity index is 1.35. The predicted molar refractivity (Wildman–Crippen MR) is 126 cm³/mol. The number of azo groups is 1. The Labute approximate surface area is 193 Å². The highest BCUT2D eigenvalue weighted by Crippen LogP contribution is 2.31. The molecule has 8 nitrogen and oxygen atoms in total. The molecule has 3 fully saturated rings. The first-order valence-electron chi connectivity index (χ1n) is 11.1. The molecule has 170 valence electrons. The number of fused-ring (bicyclic) bond motifs is 3. The number of nitrogens with one attached hydrogen (secondary N) is 1. The molecule has 0 saturated carbocycles. The standard InChI is InChI=1S/C23H30ClN6O2/c1-17-15-19(18(2)25-7-11-30-12-8-28(9-13-30)10-14-30)3-5-22(17)26-27-23-6-4-20(29(31)32)16-21(23)24/h3-6,15-16,18,25H,7-14H2,1-2H3/q+1. The predicted octanol–water partition coefficient (Wildman–Crippen LogP) is 4.77. The van der Waals surface area contributed by atoms with E-state index in [1.54, 1.807) is 0 Å². The molecular weight excluding hydrogens is 428 g/mol. The first kappa shape index (κ1) is 22.8. The van der Waals surface area contributed by atoms with Gasteiger partial charge in [-0.25, -0.2) is 0 Å². The van der Waals surface area contributed by atoms with Gasteiger partial charge in [0.2, 0.25) is 0 Å². The SMILES string of the molecule is Cc1cc(C(C)NCC[N+]23CCN(CC2)CC3)ccc1N=Nc1ccc([N+](=O)[O-])cc1Cl. The van der Waals surface area contributed by atoms with E-state index >= 15 is 0 Å². The molecule has 2 bridgehead atoms. The number of nitro groups is 1. The number of piperazine rings is 3. The van der Waals surface area contributed by atoms with E-state index in [1.807, 2.05) is 13.0 Å². The van der Waals surface area contributed by atoms with Crippen molar-refractivity contribution < 1.29 is 9.41 Å². The number of hydrogen-bond donors (Lipinski definition) is 1. The number of non-ortho nitro benzene ring substituents is 1.